The summed E-state index contributed by atoms with van der Waals surface area (Å²) in [5, 5.41) is 3.64. The summed E-state index contributed by atoms with van der Waals surface area (Å²) < 4.78 is 0. The summed E-state index contributed by atoms with van der Waals surface area (Å²) >= 11 is 0. The second-order valence-corrected chi connectivity index (χ2v) is 6.82. The molecule has 1 spiro atoms. The van der Waals surface area contributed by atoms with Crippen LogP contribution in [0.2, 0.25) is 0 Å². The number of hydrogen-bond acceptors (Lipinski definition) is 3. The molecule has 1 N–H and O–H groups in total. The first-order valence-electron chi connectivity index (χ1n) is 6.95. The van der Waals surface area contributed by atoms with Gasteiger partial charge in [0.15, 0.2) is 0 Å². The minimum Gasteiger partial charge on any atom is -0.366 e. The lowest BCUT2D eigenvalue weighted by Gasteiger charge is -2.49. The van der Waals surface area contributed by atoms with E-state index in [1.54, 1.807) is 0 Å². The predicted octanol–water partition coefficient (Wildman–Crippen LogP) is 2.32. The van der Waals surface area contributed by atoms with E-state index in [-0.39, 0.29) is 5.41 Å². The van der Waals surface area contributed by atoms with E-state index in [9.17, 15) is 0 Å². The van der Waals surface area contributed by atoms with Crippen molar-refractivity contribution in [1.29, 1.82) is 0 Å². The molecule has 0 unspecified atom stereocenters. The van der Waals surface area contributed by atoms with Crippen molar-refractivity contribution in [3.05, 3.63) is 24.0 Å². The van der Waals surface area contributed by atoms with Crippen LogP contribution in [-0.2, 0) is 5.41 Å². The van der Waals surface area contributed by atoms with Gasteiger partial charge in [0.25, 0.3) is 0 Å². The molecule has 3 nitrogen and oxygen atoms in total. The fourth-order valence-corrected chi connectivity index (χ4v) is 3.02. The molecule has 2 aliphatic heterocycles. The van der Waals surface area contributed by atoms with Crippen LogP contribution >= 0.6 is 0 Å². The molecule has 1 aromatic rings. The molecule has 2 fully saturated rings. The van der Waals surface area contributed by atoms with Gasteiger partial charge in [-0.15, -0.1) is 0 Å². The maximum atomic E-state index is 4.61. The summed E-state index contributed by atoms with van der Waals surface area (Å²) in [7, 11) is 0. The van der Waals surface area contributed by atoms with E-state index in [2.05, 4.69) is 48.1 Å². The standard InChI is InChI=1S/C15H23N3/c1-14(2,3)13-6-5-12(9-16-13)18-10-15(11-18)7-4-8-17-15/h5-6,9,17H,4,7-8,10-11H2,1-3H3. The molecule has 0 atom stereocenters. The number of hydrogen-bond donors (Lipinski definition) is 1. The SMILES string of the molecule is CC(C)(C)c1ccc(N2CC3(CCCN3)C2)cn1. The van der Waals surface area contributed by atoms with E-state index < -0.39 is 0 Å². The molecular weight excluding hydrogens is 222 g/mol. The third-order valence-corrected chi connectivity index (χ3v) is 4.20. The van der Waals surface area contributed by atoms with Crippen molar-refractivity contribution in [2.75, 3.05) is 24.5 Å². The molecule has 0 bridgehead atoms. The zero-order chi connectivity index (χ0) is 12.8. The summed E-state index contributed by atoms with van der Waals surface area (Å²) in [5.41, 5.74) is 2.99. The van der Waals surface area contributed by atoms with Crippen molar-refractivity contribution in [2.24, 2.45) is 0 Å². The Bertz CT molecular complexity index is 416. The van der Waals surface area contributed by atoms with Gasteiger partial charge in [-0.1, -0.05) is 20.8 Å². The second kappa shape index (κ2) is 3.95. The smallest absolute Gasteiger partial charge is 0.0554 e. The lowest BCUT2D eigenvalue weighted by molar-refractivity contribution is 0.294. The van der Waals surface area contributed by atoms with Crippen LogP contribution in [0.5, 0.6) is 0 Å². The zero-order valence-electron chi connectivity index (χ0n) is 11.7. The number of anilines is 1. The number of rotatable bonds is 1. The van der Waals surface area contributed by atoms with Crippen molar-refractivity contribution >= 4 is 5.69 Å². The summed E-state index contributed by atoms with van der Waals surface area (Å²) in [5.74, 6) is 0. The minimum absolute atomic E-state index is 0.141. The predicted molar refractivity (Wildman–Crippen MR) is 75.1 cm³/mol. The number of nitrogens with zero attached hydrogens (tertiary/aromatic N) is 2. The van der Waals surface area contributed by atoms with Gasteiger partial charge in [0, 0.05) is 24.2 Å². The molecule has 3 rings (SSSR count). The van der Waals surface area contributed by atoms with Gasteiger partial charge in [-0.2, -0.15) is 0 Å². The van der Waals surface area contributed by atoms with Crippen molar-refractivity contribution < 1.29 is 0 Å². The Morgan fingerprint density at radius 2 is 2.06 bits per heavy atom. The molecule has 3 heteroatoms. The maximum absolute atomic E-state index is 4.61. The summed E-state index contributed by atoms with van der Waals surface area (Å²) in [6.45, 7) is 10.1. The second-order valence-electron chi connectivity index (χ2n) is 6.82. The topological polar surface area (TPSA) is 28.2 Å². The van der Waals surface area contributed by atoms with Crippen molar-refractivity contribution in [3.63, 3.8) is 0 Å². The van der Waals surface area contributed by atoms with Crippen LogP contribution < -0.4 is 10.2 Å². The summed E-state index contributed by atoms with van der Waals surface area (Å²) in [4.78, 5) is 7.03. The normalized spacial score (nSPS) is 22.3. The average molecular weight is 245 g/mol. The quantitative estimate of drug-likeness (QED) is 0.823. The van der Waals surface area contributed by atoms with Gasteiger partial charge >= 0.3 is 0 Å². The van der Waals surface area contributed by atoms with Gasteiger partial charge in [-0.25, -0.2) is 0 Å². The number of aromatic nitrogens is 1. The fourth-order valence-electron chi connectivity index (χ4n) is 3.02. The average Bonchev–Trinajstić information content (AvgIpc) is 2.75. The Balaban J connectivity index is 1.68. The molecule has 98 valence electrons. The first-order valence-corrected chi connectivity index (χ1v) is 6.95. The molecule has 0 amide bonds. The molecule has 0 aromatic carbocycles. The lowest BCUT2D eigenvalue weighted by atomic mass is 9.87. The van der Waals surface area contributed by atoms with Crippen LogP contribution in [0.4, 0.5) is 5.69 Å². The Morgan fingerprint density at radius 3 is 2.56 bits per heavy atom. The van der Waals surface area contributed by atoms with E-state index in [4.69, 9.17) is 0 Å². The van der Waals surface area contributed by atoms with Crippen molar-refractivity contribution in [3.8, 4) is 0 Å². The first-order chi connectivity index (χ1) is 8.49. The summed E-state index contributed by atoms with van der Waals surface area (Å²) in [6.07, 6.45) is 4.69. The molecule has 1 aromatic heterocycles. The molecular formula is C15H23N3. The van der Waals surface area contributed by atoms with Crippen molar-refractivity contribution in [2.45, 2.75) is 44.6 Å². The van der Waals surface area contributed by atoms with Gasteiger partial charge < -0.3 is 10.2 Å². The number of nitrogens with one attached hydrogen (secondary N) is 1. The van der Waals surface area contributed by atoms with Gasteiger partial charge in [-0.3, -0.25) is 4.98 Å². The number of pyridine rings is 1. The lowest BCUT2D eigenvalue weighted by Crippen LogP contribution is -2.67. The molecule has 2 aliphatic rings. The van der Waals surface area contributed by atoms with E-state index in [0.29, 0.717) is 5.54 Å². The first kappa shape index (κ1) is 12.0. The third kappa shape index (κ3) is 2.01. The molecule has 0 radical (unpaired) electrons. The van der Waals surface area contributed by atoms with Crippen molar-refractivity contribution in [1.82, 2.24) is 10.3 Å². The van der Waals surface area contributed by atoms with Crippen LogP contribution in [0.25, 0.3) is 0 Å². The molecule has 0 aliphatic carbocycles. The van der Waals surface area contributed by atoms with Crippen LogP contribution in [0, 0.1) is 0 Å². The fraction of sp³-hybridized carbons (Fsp3) is 0.667. The Hall–Kier alpha value is -1.09. The molecule has 18 heavy (non-hydrogen) atoms. The zero-order valence-corrected chi connectivity index (χ0v) is 11.7. The van der Waals surface area contributed by atoms with Crippen LogP contribution in [0.1, 0.15) is 39.3 Å². The van der Waals surface area contributed by atoms with Gasteiger partial charge in [0.2, 0.25) is 0 Å². The molecule has 3 heterocycles. The van der Waals surface area contributed by atoms with E-state index in [1.165, 1.54) is 30.8 Å². The maximum Gasteiger partial charge on any atom is 0.0554 e. The highest BCUT2D eigenvalue weighted by Gasteiger charge is 2.44. The monoisotopic (exact) mass is 245 g/mol. The summed E-state index contributed by atoms with van der Waals surface area (Å²) in [6, 6.07) is 4.39. The van der Waals surface area contributed by atoms with Crippen LogP contribution in [-0.4, -0.2) is 30.2 Å². The highest BCUT2D eigenvalue weighted by molar-refractivity contribution is 5.50. The Kier molecular flexibility index (Phi) is 2.63. The molecule has 0 saturated carbocycles. The molecule has 2 saturated heterocycles. The highest BCUT2D eigenvalue weighted by atomic mass is 15.3. The van der Waals surface area contributed by atoms with E-state index in [0.717, 1.165) is 13.1 Å². The van der Waals surface area contributed by atoms with Crippen LogP contribution in [0.15, 0.2) is 18.3 Å². The van der Waals surface area contributed by atoms with Gasteiger partial charge in [0.05, 0.1) is 17.4 Å². The minimum atomic E-state index is 0.141. The van der Waals surface area contributed by atoms with E-state index >= 15 is 0 Å². The van der Waals surface area contributed by atoms with E-state index in [1.807, 2.05) is 6.20 Å². The third-order valence-electron chi connectivity index (χ3n) is 4.20. The van der Waals surface area contributed by atoms with Gasteiger partial charge in [-0.05, 0) is 31.5 Å². The van der Waals surface area contributed by atoms with Gasteiger partial charge in [0.1, 0.15) is 0 Å². The highest BCUT2D eigenvalue weighted by Crippen LogP contribution is 2.33. The largest absolute Gasteiger partial charge is 0.366 e. The Labute approximate surface area is 110 Å². The van der Waals surface area contributed by atoms with Crippen LogP contribution in [0.3, 0.4) is 0 Å². The Morgan fingerprint density at radius 1 is 1.28 bits per heavy atom.